The molecular formula is C39H39F2N5O8S. The van der Waals surface area contributed by atoms with Crippen LogP contribution in [-0.2, 0) is 24.4 Å². The molecule has 13 nitrogen and oxygen atoms in total. The fourth-order valence-corrected chi connectivity index (χ4v) is 9.30. The fourth-order valence-electron chi connectivity index (χ4n) is 7.92. The van der Waals surface area contributed by atoms with Gasteiger partial charge in [-0.05, 0) is 80.2 Å². The number of carbonyl (C=O) groups excluding carboxylic acids is 4. The lowest BCUT2D eigenvalue weighted by Gasteiger charge is -2.29. The SMILES string of the molecule is O=C(N[C@H]1CCCCC/C=C\[C@@H]2C[C@@]2(C(=O)NS(=O)(=O)C2CC2)CC(=O)[C@@H]2C[C@@H](Oc3nc4cc(F)ccc4c4cc(F)ccc34)CN2C1=O)c1ccon1. The van der Waals surface area contributed by atoms with E-state index in [0.29, 0.717) is 41.8 Å². The summed E-state index contributed by atoms with van der Waals surface area (Å²) in [6.45, 7) is -0.115. The average Bonchev–Trinajstić information content (AvgIpc) is 4.01. The van der Waals surface area contributed by atoms with E-state index in [1.54, 1.807) is 0 Å². The summed E-state index contributed by atoms with van der Waals surface area (Å²) >= 11 is 0. The first-order valence-corrected chi connectivity index (χ1v) is 20.1. The van der Waals surface area contributed by atoms with Gasteiger partial charge in [0.2, 0.25) is 27.7 Å². The monoisotopic (exact) mass is 775 g/mol. The normalized spacial score (nSPS) is 26.8. The molecule has 2 N–H and O–H groups in total. The minimum atomic E-state index is -3.90. The third kappa shape index (κ3) is 7.43. The van der Waals surface area contributed by atoms with Crippen molar-refractivity contribution < 1.29 is 45.6 Å². The van der Waals surface area contributed by atoms with E-state index < -0.39 is 74.0 Å². The Morgan fingerprint density at radius 1 is 0.964 bits per heavy atom. The molecule has 288 valence electrons. The number of carbonyl (C=O) groups is 4. The van der Waals surface area contributed by atoms with Crippen molar-refractivity contribution in [2.75, 3.05) is 6.54 Å². The van der Waals surface area contributed by atoms with E-state index in [0.717, 1.165) is 12.8 Å². The fraction of sp³-hybridized carbons (Fsp3) is 0.436. The van der Waals surface area contributed by atoms with E-state index in [1.807, 2.05) is 12.2 Å². The third-order valence-corrected chi connectivity index (χ3v) is 13.0. The van der Waals surface area contributed by atoms with Crippen LogP contribution in [0.2, 0.25) is 0 Å². The zero-order valence-electron chi connectivity index (χ0n) is 29.7. The van der Waals surface area contributed by atoms with E-state index in [2.05, 4.69) is 20.2 Å². The summed E-state index contributed by atoms with van der Waals surface area (Å²) in [5.41, 5.74) is -1.14. The Morgan fingerprint density at radius 3 is 2.51 bits per heavy atom. The number of nitrogens with zero attached hydrogens (tertiary/aromatic N) is 3. The van der Waals surface area contributed by atoms with E-state index in [-0.39, 0.29) is 55.2 Å². The van der Waals surface area contributed by atoms with Crippen molar-refractivity contribution >= 4 is 55.2 Å². The lowest BCUT2D eigenvalue weighted by molar-refractivity contribution is -0.140. The molecule has 1 saturated heterocycles. The maximum Gasteiger partial charge on any atom is 0.274 e. The largest absolute Gasteiger partial charge is 0.472 e. The number of allylic oxidation sites excluding steroid dienone is 2. The molecule has 3 amide bonds. The number of hydrogen-bond donors (Lipinski definition) is 2. The molecule has 2 saturated carbocycles. The van der Waals surface area contributed by atoms with E-state index in [4.69, 9.17) is 9.26 Å². The lowest BCUT2D eigenvalue weighted by atomic mass is 9.91. The number of ketones is 1. The van der Waals surface area contributed by atoms with E-state index in [1.165, 1.54) is 53.6 Å². The van der Waals surface area contributed by atoms with Gasteiger partial charge < -0.3 is 19.5 Å². The zero-order valence-corrected chi connectivity index (χ0v) is 30.5. The molecule has 2 aliphatic carbocycles. The number of sulfonamides is 1. The zero-order chi connectivity index (χ0) is 38.5. The third-order valence-electron chi connectivity index (χ3n) is 11.2. The van der Waals surface area contributed by atoms with Crippen molar-refractivity contribution in [2.24, 2.45) is 11.3 Å². The second-order valence-corrected chi connectivity index (χ2v) is 17.0. The van der Waals surface area contributed by atoms with Crippen LogP contribution < -0.4 is 14.8 Å². The van der Waals surface area contributed by atoms with Crippen LogP contribution in [0.25, 0.3) is 21.7 Å². The van der Waals surface area contributed by atoms with E-state index >= 15 is 0 Å². The molecule has 0 bridgehead atoms. The topological polar surface area (TPSA) is 178 Å². The van der Waals surface area contributed by atoms with Gasteiger partial charge in [-0.3, -0.25) is 23.9 Å². The number of amides is 3. The molecule has 55 heavy (non-hydrogen) atoms. The molecule has 0 radical (unpaired) electrons. The molecule has 3 fully saturated rings. The summed E-state index contributed by atoms with van der Waals surface area (Å²) in [5.74, 6) is -3.79. The molecule has 2 aromatic heterocycles. The van der Waals surface area contributed by atoms with Crippen molar-refractivity contribution in [2.45, 2.75) is 87.6 Å². The van der Waals surface area contributed by atoms with Crippen LogP contribution >= 0.6 is 0 Å². The number of fused-ring (bicyclic) bond motifs is 5. The lowest BCUT2D eigenvalue weighted by Crippen LogP contribution is -2.52. The van der Waals surface area contributed by atoms with Crippen molar-refractivity contribution in [3.05, 3.63) is 78.2 Å². The Hall–Kier alpha value is -5.25. The Balaban J connectivity index is 1.13. The van der Waals surface area contributed by atoms with Crippen LogP contribution in [0, 0.1) is 23.0 Å². The highest BCUT2D eigenvalue weighted by atomic mass is 32.2. The van der Waals surface area contributed by atoms with Gasteiger partial charge in [-0.15, -0.1) is 0 Å². The molecule has 0 unspecified atom stereocenters. The average molecular weight is 776 g/mol. The number of halogens is 2. The standard InChI is InChI=1S/C39H39F2N5O8S/c40-23-9-13-28-29(16-23)27-12-8-24(41)17-32(27)43-36(28)54-25-18-33-34(47)20-39(38(50)45-55(51,52)26-10-11-26)19-22(39)6-4-2-1-3-5-7-31(37(49)46(33)21-25)42-35(48)30-14-15-53-44-30/h4,6,8-9,12-17,22,25-26,31,33H,1-3,5,7,10-11,18-21H2,(H,42,48)(H,45,50)/b6-4-/t22-,25-,31+,33+,39-/m1/s1. The Kier molecular flexibility index (Phi) is 9.64. The molecule has 2 aromatic carbocycles. The van der Waals surface area contributed by atoms with Gasteiger partial charge in [0.05, 0.1) is 28.8 Å². The number of aromatic nitrogens is 2. The predicted octanol–water partition coefficient (Wildman–Crippen LogP) is 4.90. The summed E-state index contributed by atoms with van der Waals surface area (Å²) in [4.78, 5) is 61.9. The molecule has 4 aliphatic rings. The molecule has 4 aromatic rings. The van der Waals surface area contributed by atoms with E-state index in [9.17, 15) is 36.4 Å². The maximum atomic E-state index is 14.5. The summed E-state index contributed by atoms with van der Waals surface area (Å²) in [7, 11) is -3.90. The highest BCUT2D eigenvalue weighted by Crippen LogP contribution is 2.57. The maximum absolute atomic E-state index is 14.5. The van der Waals surface area contributed by atoms with Crippen molar-refractivity contribution in [1.82, 2.24) is 25.1 Å². The number of pyridine rings is 1. The molecule has 5 atom stereocenters. The van der Waals surface area contributed by atoms with Crippen molar-refractivity contribution in [3.63, 3.8) is 0 Å². The smallest absolute Gasteiger partial charge is 0.274 e. The van der Waals surface area contributed by atoms with Crippen molar-refractivity contribution in [3.8, 4) is 5.88 Å². The molecule has 0 spiro atoms. The van der Waals surface area contributed by atoms with Crippen molar-refractivity contribution in [1.29, 1.82) is 0 Å². The summed E-state index contributed by atoms with van der Waals surface area (Å²) in [5, 5.41) is 7.16. The van der Waals surface area contributed by atoms with Crippen LogP contribution in [0.3, 0.4) is 0 Å². The highest BCUT2D eigenvalue weighted by molar-refractivity contribution is 7.90. The second kappa shape index (κ2) is 14.4. The molecule has 2 aliphatic heterocycles. The minimum Gasteiger partial charge on any atom is -0.472 e. The van der Waals surface area contributed by atoms with Gasteiger partial charge in [-0.25, -0.2) is 22.2 Å². The number of benzene rings is 2. The summed E-state index contributed by atoms with van der Waals surface area (Å²) in [6, 6.07) is 7.18. The first-order chi connectivity index (χ1) is 26.4. The van der Waals surface area contributed by atoms with Gasteiger partial charge in [0, 0.05) is 35.7 Å². The van der Waals surface area contributed by atoms with Crippen LogP contribution in [0.1, 0.15) is 74.7 Å². The Morgan fingerprint density at radius 2 is 1.75 bits per heavy atom. The number of hydrogen-bond acceptors (Lipinski definition) is 10. The van der Waals surface area contributed by atoms with Gasteiger partial charge in [-0.2, -0.15) is 0 Å². The van der Waals surface area contributed by atoms with Gasteiger partial charge in [0.15, 0.2) is 11.5 Å². The number of Topliss-reactive ketones (excluding diaryl/α,β-unsaturated/α-hetero) is 1. The molecule has 8 rings (SSSR count). The second-order valence-electron chi connectivity index (χ2n) is 15.0. The Bertz CT molecular complexity index is 2330. The molecule has 4 heterocycles. The van der Waals surface area contributed by atoms with Crippen LogP contribution in [0.15, 0.2) is 65.4 Å². The molecule has 16 heteroatoms. The van der Waals surface area contributed by atoms with Gasteiger partial charge >= 0.3 is 0 Å². The quantitative estimate of drug-likeness (QED) is 0.194. The van der Waals surface area contributed by atoms with Gasteiger partial charge in [0.25, 0.3) is 5.91 Å². The number of nitrogens with one attached hydrogen (secondary N) is 2. The Labute approximate surface area is 314 Å². The first kappa shape index (κ1) is 36.7. The van der Waals surface area contributed by atoms with Crippen LogP contribution in [0.5, 0.6) is 5.88 Å². The van der Waals surface area contributed by atoms with Crippen LogP contribution in [-0.4, -0.2) is 76.9 Å². The summed E-state index contributed by atoms with van der Waals surface area (Å²) < 4.78 is 68.0. The predicted molar refractivity (Wildman–Crippen MR) is 194 cm³/mol. The number of rotatable bonds is 7. The molecular weight excluding hydrogens is 737 g/mol. The summed E-state index contributed by atoms with van der Waals surface area (Å²) in [6.07, 6.45) is 8.02. The highest BCUT2D eigenvalue weighted by Gasteiger charge is 2.61. The van der Waals surface area contributed by atoms with Gasteiger partial charge in [0.1, 0.15) is 30.0 Å². The van der Waals surface area contributed by atoms with Gasteiger partial charge in [-0.1, -0.05) is 30.2 Å². The van der Waals surface area contributed by atoms with Crippen LogP contribution in [0.4, 0.5) is 8.78 Å². The minimum absolute atomic E-state index is 0.0277. The number of ether oxygens (including phenoxy) is 1. The first-order valence-electron chi connectivity index (χ1n) is 18.5.